The molecule has 0 radical (unpaired) electrons. The molecule has 3 N–H and O–H groups in total. The SMILES string of the molecule is CCC(C)SCc1nc(C(C)N)n[nH]1. The number of nitrogens with one attached hydrogen (secondary N) is 1. The molecule has 0 bridgehead atoms. The average molecular weight is 214 g/mol. The smallest absolute Gasteiger partial charge is 0.167 e. The van der Waals surface area contributed by atoms with Crippen molar-refractivity contribution in [3.63, 3.8) is 0 Å². The lowest BCUT2D eigenvalue weighted by Gasteiger charge is -2.04. The van der Waals surface area contributed by atoms with Crippen LogP contribution >= 0.6 is 11.8 Å². The van der Waals surface area contributed by atoms with Gasteiger partial charge in [-0.1, -0.05) is 13.8 Å². The number of aromatic amines is 1. The van der Waals surface area contributed by atoms with Crippen molar-refractivity contribution in [2.75, 3.05) is 0 Å². The topological polar surface area (TPSA) is 67.6 Å². The maximum Gasteiger partial charge on any atom is 0.167 e. The molecule has 1 rings (SSSR count). The normalized spacial score (nSPS) is 15.4. The second kappa shape index (κ2) is 5.36. The van der Waals surface area contributed by atoms with Crippen LogP contribution in [0.4, 0.5) is 0 Å². The zero-order chi connectivity index (χ0) is 10.6. The van der Waals surface area contributed by atoms with E-state index in [2.05, 4.69) is 29.0 Å². The molecule has 2 atom stereocenters. The Bertz CT molecular complexity index is 272. The minimum absolute atomic E-state index is 0.0893. The fourth-order valence-corrected chi connectivity index (χ4v) is 1.72. The van der Waals surface area contributed by atoms with Crippen LogP contribution in [0.25, 0.3) is 0 Å². The summed E-state index contributed by atoms with van der Waals surface area (Å²) in [4.78, 5) is 4.30. The summed E-state index contributed by atoms with van der Waals surface area (Å²) >= 11 is 1.88. The van der Waals surface area contributed by atoms with Crippen molar-refractivity contribution in [1.29, 1.82) is 0 Å². The third-order valence-electron chi connectivity index (χ3n) is 2.04. The van der Waals surface area contributed by atoms with Gasteiger partial charge in [-0.25, -0.2) is 4.98 Å². The lowest BCUT2D eigenvalue weighted by atomic mass is 10.3. The summed E-state index contributed by atoms with van der Waals surface area (Å²) in [6.45, 7) is 6.29. The first-order valence-corrected chi connectivity index (χ1v) is 5.96. The van der Waals surface area contributed by atoms with Gasteiger partial charge in [-0.3, -0.25) is 5.10 Å². The molecular formula is C9H18N4S. The third-order valence-corrected chi connectivity index (χ3v) is 3.38. The van der Waals surface area contributed by atoms with E-state index in [1.807, 2.05) is 18.7 Å². The van der Waals surface area contributed by atoms with Crippen molar-refractivity contribution >= 4 is 11.8 Å². The molecule has 1 aromatic heterocycles. The van der Waals surface area contributed by atoms with Crippen molar-refractivity contribution in [3.05, 3.63) is 11.6 Å². The molecule has 1 aromatic rings. The van der Waals surface area contributed by atoms with Crippen LogP contribution < -0.4 is 5.73 Å². The number of H-pyrrole nitrogens is 1. The van der Waals surface area contributed by atoms with Gasteiger partial charge in [0, 0.05) is 5.25 Å². The monoisotopic (exact) mass is 214 g/mol. The van der Waals surface area contributed by atoms with Crippen molar-refractivity contribution in [2.45, 2.75) is 44.2 Å². The van der Waals surface area contributed by atoms with Gasteiger partial charge < -0.3 is 5.73 Å². The Labute approximate surface area is 89.1 Å². The molecule has 0 aromatic carbocycles. The molecule has 1 heterocycles. The third kappa shape index (κ3) is 3.31. The minimum atomic E-state index is -0.0893. The molecule has 0 saturated heterocycles. The van der Waals surface area contributed by atoms with E-state index in [9.17, 15) is 0 Å². The highest BCUT2D eigenvalue weighted by molar-refractivity contribution is 7.99. The van der Waals surface area contributed by atoms with Crippen molar-refractivity contribution < 1.29 is 0 Å². The first kappa shape index (κ1) is 11.5. The Morgan fingerprint density at radius 2 is 2.21 bits per heavy atom. The van der Waals surface area contributed by atoms with Gasteiger partial charge in [0.05, 0.1) is 11.8 Å². The molecule has 0 aliphatic carbocycles. The highest BCUT2D eigenvalue weighted by Gasteiger charge is 2.08. The van der Waals surface area contributed by atoms with E-state index in [1.54, 1.807) is 0 Å². The number of thioether (sulfide) groups is 1. The van der Waals surface area contributed by atoms with Crippen LogP contribution in [-0.4, -0.2) is 20.4 Å². The quantitative estimate of drug-likeness (QED) is 0.785. The molecule has 2 unspecified atom stereocenters. The number of rotatable bonds is 5. The Morgan fingerprint density at radius 3 is 2.71 bits per heavy atom. The summed E-state index contributed by atoms with van der Waals surface area (Å²) in [5.74, 6) is 2.50. The first-order chi connectivity index (χ1) is 6.63. The molecule has 5 heteroatoms. The molecular weight excluding hydrogens is 196 g/mol. The maximum atomic E-state index is 5.66. The fourth-order valence-electron chi connectivity index (χ4n) is 0.917. The number of hydrogen-bond donors (Lipinski definition) is 2. The largest absolute Gasteiger partial charge is 0.321 e. The maximum absolute atomic E-state index is 5.66. The average Bonchev–Trinajstić information content (AvgIpc) is 2.62. The first-order valence-electron chi connectivity index (χ1n) is 4.91. The predicted octanol–water partition coefficient (Wildman–Crippen LogP) is 1.86. The molecule has 14 heavy (non-hydrogen) atoms. The Balaban J connectivity index is 2.44. The Morgan fingerprint density at radius 1 is 1.50 bits per heavy atom. The molecule has 0 saturated carbocycles. The van der Waals surface area contributed by atoms with Gasteiger partial charge in [-0.15, -0.1) is 0 Å². The zero-order valence-corrected chi connectivity index (χ0v) is 9.77. The molecule has 80 valence electrons. The van der Waals surface area contributed by atoms with Crippen LogP contribution in [0, 0.1) is 0 Å². The van der Waals surface area contributed by atoms with Gasteiger partial charge in [0.2, 0.25) is 0 Å². The number of nitrogens with two attached hydrogens (primary N) is 1. The van der Waals surface area contributed by atoms with Gasteiger partial charge in [-0.2, -0.15) is 16.9 Å². The van der Waals surface area contributed by atoms with E-state index >= 15 is 0 Å². The Kier molecular flexibility index (Phi) is 4.41. The highest BCUT2D eigenvalue weighted by Crippen LogP contribution is 2.17. The lowest BCUT2D eigenvalue weighted by Crippen LogP contribution is -2.06. The van der Waals surface area contributed by atoms with Gasteiger partial charge in [0.25, 0.3) is 0 Å². The van der Waals surface area contributed by atoms with E-state index in [0.29, 0.717) is 11.1 Å². The second-order valence-corrected chi connectivity index (χ2v) is 4.89. The summed E-state index contributed by atoms with van der Waals surface area (Å²) in [5, 5.41) is 7.62. The highest BCUT2D eigenvalue weighted by atomic mass is 32.2. The summed E-state index contributed by atoms with van der Waals surface area (Å²) in [7, 11) is 0. The molecule has 0 spiro atoms. The van der Waals surface area contributed by atoms with Crippen LogP contribution in [0.15, 0.2) is 0 Å². The van der Waals surface area contributed by atoms with Gasteiger partial charge in [0.15, 0.2) is 5.82 Å². The fraction of sp³-hybridized carbons (Fsp3) is 0.778. The van der Waals surface area contributed by atoms with Crippen LogP contribution in [0.1, 0.15) is 44.9 Å². The molecule has 0 amide bonds. The van der Waals surface area contributed by atoms with Crippen LogP contribution in [0.2, 0.25) is 0 Å². The summed E-state index contributed by atoms with van der Waals surface area (Å²) < 4.78 is 0. The Hall–Kier alpha value is -0.550. The minimum Gasteiger partial charge on any atom is -0.321 e. The number of nitrogens with zero attached hydrogens (tertiary/aromatic N) is 2. The van der Waals surface area contributed by atoms with E-state index in [1.165, 1.54) is 6.42 Å². The van der Waals surface area contributed by atoms with Crippen LogP contribution in [0.5, 0.6) is 0 Å². The van der Waals surface area contributed by atoms with Crippen LogP contribution in [-0.2, 0) is 5.75 Å². The van der Waals surface area contributed by atoms with E-state index in [0.717, 1.165) is 11.6 Å². The number of hydrogen-bond acceptors (Lipinski definition) is 4. The molecule has 0 fully saturated rings. The van der Waals surface area contributed by atoms with Gasteiger partial charge >= 0.3 is 0 Å². The van der Waals surface area contributed by atoms with Crippen molar-refractivity contribution in [1.82, 2.24) is 15.2 Å². The summed E-state index contributed by atoms with van der Waals surface area (Å²) in [5.41, 5.74) is 5.66. The molecule has 4 nitrogen and oxygen atoms in total. The molecule has 0 aliphatic heterocycles. The second-order valence-electron chi connectivity index (χ2n) is 3.46. The van der Waals surface area contributed by atoms with E-state index in [4.69, 9.17) is 5.73 Å². The standard InChI is InChI=1S/C9H18N4S/c1-4-6(2)14-5-8-11-9(7(3)10)13-12-8/h6-7H,4-5,10H2,1-3H3,(H,11,12,13). The van der Waals surface area contributed by atoms with Crippen molar-refractivity contribution in [3.8, 4) is 0 Å². The zero-order valence-electron chi connectivity index (χ0n) is 8.95. The van der Waals surface area contributed by atoms with Gasteiger partial charge in [-0.05, 0) is 13.3 Å². The lowest BCUT2D eigenvalue weighted by molar-refractivity contribution is 0.745. The van der Waals surface area contributed by atoms with Gasteiger partial charge in [0.1, 0.15) is 5.82 Å². The number of aromatic nitrogens is 3. The van der Waals surface area contributed by atoms with Crippen molar-refractivity contribution in [2.24, 2.45) is 5.73 Å². The van der Waals surface area contributed by atoms with Crippen LogP contribution in [0.3, 0.4) is 0 Å². The van der Waals surface area contributed by atoms with E-state index < -0.39 is 0 Å². The summed E-state index contributed by atoms with van der Waals surface area (Å²) in [6.07, 6.45) is 1.18. The molecule has 0 aliphatic rings. The van der Waals surface area contributed by atoms with E-state index in [-0.39, 0.29) is 6.04 Å². The summed E-state index contributed by atoms with van der Waals surface area (Å²) in [6, 6.07) is -0.0893. The predicted molar refractivity (Wildman–Crippen MR) is 60.0 cm³/mol.